The molecule has 1 unspecified atom stereocenters. The average Bonchev–Trinajstić information content (AvgIpc) is 3.16. The fourth-order valence-corrected chi connectivity index (χ4v) is 4.10. The van der Waals surface area contributed by atoms with Crippen LogP contribution in [0.5, 0.6) is 0 Å². The van der Waals surface area contributed by atoms with Crippen molar-refractivity contribution in [2.75, 3.05) is 32.1 Å². The number of carbonyl (C=O) groups excluding carboxylic acids is 1. The van der Waals surface area contributed by atoms with Gasteiger partial charge in [0.1, 0.15) is 0 Å². The first-order valence-electron chi connectivity index (χ1n) is 8.80. The fraction of sp³-hybridized carbons (Fsp3) is 0.556. The van der Waals surface area contributed by atoms with Crippen molar-refractivity contribution in [1.29, 1.82) is 0 Å². The molecule has 2 heterocycles. The van der Waals surface area contributed by atoms with E-state index >= 15 is 0 Å². The molecule has 1 aromatic rings. The average molecular weight is 417 g/mol. The lowest BCUT2D eigenvalue weighted by atomic mass is 10.2. The van der Waals surface area contributed by atoms with Crippen molar-refractivity contribution < 1.29 is 14.3 Å². The van der Waals surface area contributed by atoms with Gasteiger partial charge in [-0.3, -0.25) is 9.69 Å². The van der Waals surface area contributed by atoms with Crippen LogP contribution in [0.3, 0.4) is 0 Å². The van der Waals surface area contributed by atoms with E-state index in [1.807, 2.05) is 0 Å². The Bertz CT molecular complexity index is 666. The number of amidine groups is 1. The summed E-state index contributed by atoms with van der Waals surface area (Å²) in [5.41, 5.74) is 0.691. The molecule has 0 spiro atoms. The van der Waals surface area contributed by atoms with Crippen LogP contribution in [0.1, 0.15) is 25.7 Å². The molecular weight excluding hydrogens is 395 g/mol. The minimum atomic E-state index is 0.0309. The van der Waals surface area contributed by atoms with Gasteiger partial charge in [0.25, 0.3) is 0 Å². The van der Waals surface area contributed by atoms with E-state index in [4.69, 9.17) is 32.7 Å². The second-order valence-electron chi connectivity index (χ2n) is 6.20. The molecule has 5 nitrogen and oxygen atoms in total. The maximum absolute atomic E-state index is 12.6. The molecule has 0 N–H and O–H groups in total. The van der Waals surface area contributed by atoms with E-state index in [1.54, 1.807) is 34.9 Å². The van der Waals surface area contributed by atoms with Gasteiger partial charge in [-0.15, -0.1) is 0 Å². The van der Waals surface area contributed by atoms with Crippen LogP contribution in [0.4, 0.5) is 5.69 Å². The summed E-state index contributed by atoms with van der Waals surface area (Å²) >= 11 is 13.6. The van der Waals surface area contributed by atoms with Crippen molar-refractivity contribution in [3.63, 3.8) is 0 Å². The van der Waals surface area contributed by atoms with Gasteiger partial charge in [0.15, 0.2) is 5.17 Å². The predicted molar refractivity (Wildman–Crippen MR) is 107 cm³/mol. The van der Waals surface area contributed by atoms with Crippen LogP contribution < -0.4 is 0 Å². The van der Waals surface area contributed by atoms with Crippen LogP contribution in [0, 0.1) is 0 Å². The highest BCUT2D eigenvalue weighted by Gasteiger charge is 2.24. The molecule has 1 amide bonds. The predicted octanol–water partition coefficient (Wildman–Crippen LogP) is 4.53. The first-order chi connectivity index (χ1) is 12.6. The molecule has 0 aromatic heterocycles. The molecular formula is C18H22Cl2N2O3S. The lowest BCUT2D eigenvalue weighted by Crippen LogP contribution is -2.39. The zero-order valence-electron chi connectivity index (χ0n) is 14.5. The van der Waals surface area contributed by atoms with Crippen LogP contribution in [0.25, 0.3) is 0 Å². The Morgan fingerprint density at radius 2 is 2.23 bits per heavy atom. The van der Waals surface area contributed by atoms with Crippen molar-refractivity contribution in [2.24, 2.45) is 4.99 Å². The minimum Gasteiger partial charge on any atom is -0.378 e. The second kappa shape index (κ2) is 9.95. The van der Waals surface area contributed by atoms with Gasteiger partial charge in [0.05, 0.1) is 41.5 Å². The number of hydrogen-bond donors (Lipinski definition) is 0. The van der Waals surface area contributed by atoms with Crippen molar-refractivity contribution in [3.05, 3.63) is 28.2 Å². The van der Waals surface area contributed by atoms with Crippen LogP contribution in [0.15, 0.2) is 23.2 Å². The fourth-order valence-electron chi connectivity index (χ4n) is 2.83. The molecule has 2 aliphatic rings. The van der Waals surface area contributed by atoms with Crippen molar-refractivity contribution in [2.45, 2.75) is 31.8 Å². The normalized spacial score (nSPS) is 22.2. The van der Waals surface area contributed by atoms with E-state index in [0.717, 1.165) is 31.6 Å². The SMILES string of the molecule is O=C(CCOCC1CCCO1)N1CCCSC1=Nc1ccc(Cl)c(Cl)c1. The summed E-state index contributed by atoms with van der Waals surface area (Å²) in [7, 11) is 0. The zero-order valence-corrected chi connectivity index (χ0v) is 16.8. The molecule has 0 bridgehead atoms. The van der Waals surface area contributed by atoms with Crippen LogP contribution in [-0.2, 0) is 14.3 Å². The number of aliphatic imine (C=N–C) groups is 1. The van der Waals surface area contributed by atoms with Gasteiger partial charge in [-0.05, 0) is 37.5 Å². The molecule has 142 valence electrons. The molecule has 1 aromatic carbocycles. The number of hydrogen-bond acceptors (Lipinski definition) is 5. The number of ether oxygens (including phenoxy) is 2. The summed E-state index contributed by atoms with van der Waals surface area (Å²) in [6.07, 6.45) is 3.60. The molecule has 3 rings (SSSR count). The smallest absolute Gasteiger partial charge is 0.230 e. The topological polar surface area (TPSA) is 51.1 Å². The third-order valence-corrected chi connectivity index (χ3v) is 6.01. The summed E-state index contributed by atoms with van der Waals surface area (Å²) in [6, 6.07) is 5.21. The lowest BCUT2D eigenvalue weighted by Gasteiger charge is -2.27. The number of nitrogens with zero attached hydrogens (tertiary/aromatic N) is 2. The van der Waals surface area contributed by atoms with Crippen molar-refractivity contribution in [3.8, 4) is 0 Å². The maximum Gasteiger partial charge on any atom is 0.230 e. The number of rotatable bonds is 6. The van der Waals surface area contributed by atoms with Gasteiger partial charge in [0, 0.05) is 18.9 Å². The molecule has 8 heteroatoms. The Balaban J connectivity index is 1.55. The third-order valence-electron chi connectivity index (χ3n) is 4.21. The number of carbonyl (C=O) groups is 1. The Kier molecular flexibility index (Phi) is 7.64. The summed E-state index contributed by atoms with van der Waals surface area (Å²) in [4.78, 5) is 18.9. The Morgan fingerprint density at radius 1 is 1.35 bits per heavy atom. The molecule has 2 saturated heterocycles. The third kappa shape index (κ3) is 5.60. The van der Waals surface area contributed by atoms with E-state index in [0.29, 0.717) is 47.1 Å². The summed E-state index contributed by atoms with van der Waals surface area (Å²) in [5, 5.41) is 1.65. The lowest BCUT2D eigenvalue weighted by molar-refractivity contribution is -0.128. The molecule has 2 fully saturated rings. The monoisotopic (exact) mass is 416 g/mol. The number of benzene rings is 1. The summed E-state index contributed by atoms with van der Waals surface area (Å²) < 4.78 is 11.1. The molecule has 2 aliphatic heterocycles. The van der Waals surface area contributed by atoms with Gasteiger partial charge in [-0.2, -0.15) is 0 Å². The van der Waals surface area contributed by atoms with E-state index in [9.17, 15) is 4.79 Å². The Labute approximate surface area is 168 Å². The highest BCUT2D eigenvalue weighted by molar-refractivity contribution is 8.13. The highest BCUT2D eigenvalue weighted by atomic mass is 35.5. The number of thioether (sulfide) groups is 1. The van der Waals surface area contributed by atoms with Gasteiger partial charge in [-0.25, -0.2) is 4.99 Å². The largest absolute Gasteiger partial charge is 0.378 e. The first-order valence-corrected chi connectivity index (χ1v) is 10.5. The van der Waals surface area contributed by atoms with E-state index < -0.39 is 0 Å². The first kappa shape index (κ1) is 20.0. The van der Waals surface area contributed by atoms with Crippen LogP contribution in [0.2, 0.25) is 10.0 Å². The van der Waals surface area contributed by atoms with Crippen molar-refractivity contribution >= 4 is 51.7 Å². The van der Waals surface area contributed by atoms with Gasteiger partial charge in [-0.1, -0.05) is 35.0 Å². The number of amides is 1. The molecule has 0 saturated carbocycles. The standard InChI is InChI=1S/C18H22Cl2N2O3S/c19-15-5-4-13(11-16(15)20)21-18-22(7-2-10-26-18)17(23)6-9-24-12-14-3-1-8-25-14/h4-5,11,14H,1-3,6-10,12H2. The zero-order chi connectivity index (χ0) is 18.4. The second-order valence-corrected chi connectivity index (χ2v) is 8.08. The van der Waals surface area contributed by atoms with Crippen LogP contribution in [-0.4, -0.2) is 54.2 Å². The Morgan fingerprint density at radius 3 is 3.00 bits per heavy atom. The maximum atomic E-state index is 12.6. The Hall–Kier alpha value is -0.790. The van der Waals surface area contributed by atoms with E-state index in [2.05, 4.69) is 4.99 Å². The van der Waals surface area contributed by atoms with Crippen LogP contribution >= 0.6 is 35.0 Å². The molecule has 26 heavy (non-hydrogen) atoms. The molecule has 1 atom stereocenters. The van der Waals surface area contributed by atoms with E-state index in [1.165, 1.54) is 0 Å². The molecule has 0 radical (unpaired) electrons. The highest BCUT2D eigenvalue weighted by Crippen LogP contribution is 2.29. The quantitative estimate of drug-likeness (QED) is 0.638. The minimum absolute atomic E-state index is 0.0309. The van der Waals surface area contributed by atoms with Gasteiger partial charge < -0.3 is 9.47 Å². The summed E-state index contributed by atoms with van der Waals surface area (Å²) in [6.45, 7) is 2.45. The van der Waals surface area contributed by atoms with Gasteiger partial charge in [0.2, 0.25) is 5.91 Å². The van der Waals surface area contributed by atoms with E-state index in [-0.39, 0.29) is 12.0 Å². The number of halogens is 2. The van der Waals surface area contributed by atoms with Crippen molar-refractivity contribution in [1.82, 2.24) is 4.90 Å². The summed E-state index contributed by atoms with van der Waals surface area (Å²) in [5.74, 6) is 0.975. The van der Waals surface area contributed by atoms with Gasteiger partial charge >= 0.3 is 0 Å². The molecule has 0 aliphatic carbocycles.